The largest absolute Gasteiger partial charge is 0.512 e. The van der Waals surface area contributed by atoms with Crippen LogP contribution in [0.15, 0.2) is 0 Å². The zero-order valence-electron chi connectivity index (χ0n) is 8.37. The van der Waals surface area contributed by atoms with Gasteiger partial charge in [0.25, 0.3) is 0 Å². The fraction of sp³-hybridized carbons (Fsp3) is 0.667. The van der Waals surface area contributed by atoms with Gasteiger partial charge in [0, 0.05) is 0 Å². The topological polar surface area (TPSA) is 156 Å². The summed E-state index contributed by atoms with van der Waals surface area (Å²) in [6, 6.07) is 0. The van der Waals surface area contributed by atoms with Crippen LogP contribution < -0.4 is 15.6 Å². The van der Waals surface area contributed by atoms with Gasteiger partial charge in [-0.2, -0.15) is 26.3 Å². The summed E-state index contributed by atoms with van der Waals surface area (Å²) in [6.45, 7) is 0. The van der Waals surface area contributed by atoms with E-state index in [1.165, 1.54) is 0 Å². The number of alkyl halides is 6. The van der Waals surface area contributed by atoms with Crippen LogP contribution in [0.4, 0.5) is 26.3 Å². The number of sulfonamides is 2. The highest BCUT2D eigenvalue weighted by Crippen LogP contribution is 2.27. The van der Waals surface area contributed by atoms with E-state index in [2.05, 4.69) is 11.5 Å². The van der Waals surface area contributed by atoms with Crippen molar-refractivity contribution in [1.82, 2.24) is 4.13 Å². The number of hydrogen-bond donors (Lipinski definition) is 4. The number of guanidine groups is 1. The van der Waals surface area contributed by atoms with Crippen molar-refractivity contribution in [3.8, 4) is 0 Å². The fourth-order valence-corrected chi connectivity index (χ4v) is 2.15. The summed E-state index contributed by atoms with van der Waals surface area (Å²) in [5, 5.41) is 6.06. The van der Waals surface area contributed by atoms with E-state index < -0.39 is 35.2 Å². The van der Waals surface area contributed by atoms with Gasteiger partial charge in [-0.05, 0) is 0 Å². The molecule has 0 heterocycles. The molecule has 0 aliphatic heterocycles. The highest BCUT2D eigenvalue weighted by atomic mass is 32.3. The maximum Gasteiger partial charge on any atom is 0.512 e. The summed E-state index contributed by atoms with van der Waals surface area (Å²) in [5.74, 6) is -0.333. The van der Waals surface area contributed by atoms with Gasteiger partial charge in [-0.15, -0.1) is 0 Å². The SMILES string of the molecule is N=C(N)N.O=S(=O)(NS(=O)(=O)C(F)(F)F)C(F)(F)F. The van der Waals surface area contributed by atoms with Crippen molar-refractivity contribution in [1.29, 1.82) is 5.41 Å². The second-order valence-corrected chi connectivity index (χ2v) is 6.04. The first-order valence-electron chi connectivity index (χ1n) is 3.44. The predicted molar refractivity (Wildman–Crippen MR) is 49.2 cm³/mol. The summed E-state index contributed by atoms with van der Waals surface area (Å²) in [6.07, 6.45) is 0. The summed E-state index contributed by atoms with van der Waals surface area (Å²) < 4.78 is 108. The minimum Gasteiger partial charge on any atom is -0.370 e. The van der Waals surface area contributed by atoms with Crippen molar-refractivity contribution < 1.29 is 43.2 Å². The Hall–Kier alpha value is -1.29. The zero-order chi connectivity index (χ0) is 16.3. The van der Waals surface area contributed by atoms with Crippen LogP contribution in [0.25, 0.3) is 0 Å². The lowest BCUT2D eigenvalue weighted by molar-refractivity contribution is -0.0476. The van der Waals surface area contributed by atoms with E-state index in [9.17, 15) is 43.2 Å². The third-order valence-electron chi connectivity index (χ3n) is 0.829. The van der Waals surface area contributed by atoms with Gasteiger partial charge in [0.15, 0.2) is 5.96 Å². The molecule has 0 aromatic heterocycles. The van der Waals surface area contributed by atoms with Crippen LogP contribution in [0, 0.1) is 5.41 Å². The van der Waals surface area contributed by atoms with E-state index in [1.807, 2.05) is 0 Å². The van der Waals surface area contributed by atoms with Gasteiger partial charge in [0.05, 0.1) is 0 Å². The summed E-state index contributed by atoms with van der Waals surface area (Å²) in [7, 11) is -13.2. The molecule has 0 aliphatic rings. The van der Waals surface area contributed by atoms with Crippen LogP contribution in [-0.4, -0.2) is 33.8 Å². The smallest absolute Gasteiger partial charge is 0.370 e. The molecule has 0 aromatic rings. The van der Waals surface area contributed by atoms with Gasteiger partial charge in [0.2, 0.25) is 0 Å². The molecule has 6 N–H and O–H groups in total. The normalized spacial score (nSPS) is 13.4. The molecule has 0 fully saturated rings. The van der Waals surface area contributed by atoms with E-state index in [4.69, 9.17) is 5.41 Å². The van der Waals surface area contributed by atoms with Gasteiger partial charge >= 0.3 is 31.1 Å². The Balaban J connectivity index is 0. The van der Waals surface area contributed by atoms with E-state index in [0.717, 1.165) is 0 Å². The molecular weight excluding hydrogens is 334 g/mol. The Morgan fingerprint density at radius 2 is 1.00 bits per heavy atom. The van der Waals surface area contributed by atoms with Crippen molar-refractivity contribution in [3.63, 3.8) is 0 Å². The predicted octanol–water partition coefficient (Wildman–Crippen LogP) is -0.886. The summed E-state index contributed by atoms with van der Waals surface area (Å²) in [4.78, 5) is 0. The van der Waals surface area contributed by atoms with Crippen molar-refractivity contribution in [2.45, 2.75) is 11.0 Å². The molecule has 0 saturated heterocycles. The Bertz CT molecular complexity index is 472. The Labute approximate surface area is 102 Å². The van der Waals surface area contributed by atoms with Gasteiger partial charge in [-0.25, -0.2) is 16.8 Å². The number of nitrogens with one attached hydrogen (secondary N) is 2. The monoisotopic (exact) mass is 340 g/mol. The molecule has 16 heteroatoms. The standard InChI is InChI=1S/C2HF6NO4S2.CH5N3/c3-1(4,5)14(10,11)9-15(12,13)2(6,7)8;2-1(3)4/h9H;(H5,2,3,4). The van der Waals surface area contributed by atoms with E-state index in [1.54, 1.807) is 0 Å². The Morgan fingerprint density at radius 3 is 1.11 bits per heavy atom. The van der Waals surface area contributed by atoms with Crippen molar-refractivity contribution in [3.05, 3.63) is 0 Å². The van der Waals surface area contributed by atoms with E-state index in [0.29, 0.717) is 0 Å². The van der Waals surface area contributed by atoms with Crippen LogP contribution in [-0.2, 0) is 20.0 Å². The first-order valence-corrected chi connectivity index (χ1v) is 6.41. The highest BCUT2D eigenvalue weighted by Gasteiger charge is 2.55. The lowest BCUT2D eigenvalue weighted by atomic mass is 11.1. The Morgan fingerprint density at radius 1 is 0.842 bits per heavy atom. The van der Waals surface area contributed by atoms with Gasteiger partial charge in [-0.1, -0.05) is 4.13 Å². The molecule has 19 heavy (non-hydrogen) atoms. The quantitative estimate of drug-likeness (QED) is 0.290. The molecule has 0 unspecified atom stereocenters. The average molecular weight is 340 g/mol. The molecule has 116 valence electrons. The van der Waals surface area contributed by atoms with Crippen molar-refractivity contribution in [2.24, 2.45) is 11.5 Å². The molecule has 0 aromatic carbocycles. The van der Waals surface area contributed by atoms with Crippen LogP contribution in [0.1, 0.15) is 0 Å². The zero-order valence-corrected chi connectivity index (χ0v) is 10.0. The molecule has 0 amide bonds. The van der Waals surface area contributed by atoms with Crippen LogP contribution in [0.5, 0.6) is 0 Å². The van der Waals surface area contributed by atoms with Gasteiger partial charge < -0.3 is 11.5 Å². The Kier molecular flexibility index (Phi) is 6.10. The number of hydrogen-bond acceptors (Lipinski definition) is 5. The lowest BCUT2D eigenvalue weighted by Gasteiger charge is -2.11. The second-order valence-electron chi connectivity index (χ2n) is 2.44. The van der Waals surface area contributed by atoms with Crippen LogP contribution >= 0.6 is 0 Å². The minimum absolute atomic E-state index is 0.333. The molecule has 0 aliphatic carbocycles. The average Bonchev–Trinajstić information content (AvgIpc) is 1.94. The summed E-state index contributed by atoms with van der Waals surface area (Å²) >= 11 is 0. The first-order chi connectivity index (χ1) is 7.94. The lowest BCUT2D eigenvalue weighted by Crippen LogP contribution is -2.45. The molecule has 0 bridgehead atoms. The number of rotatable bonds is 2. The molecule has 8 nitrogen and oxygen atoms in total. The molecule has 0 spiro atoms. The molecule has 0 saturated carbocycles. The maximum atomic E-state index is 11.5. The second kappa shape index (κ2) is 5.78. The summed E-state index contributed by atoms with van der Waals surface area (Å²) in [5.41, 5.74) is -3.35. The van der Waals surface area contributed by atoms with E-state index >= 15 is 0 Å². The molecule has 0 rings (SSSR count). The van der Waals surface area contributed by atoms with Crippen LogP contribution in [0.2, 0.25) is 0 Å². The van der Waals surface area contributed by atoms with Crippen molar-refractivity contribution in [2.75, 3.05) is 0 Å². The fourth-order valence-electron chi connectivity index (χ4n) is 0.239. The third-order valence-corrected chi connectivity index (χ3v) is 3.80. The van der Waals surface area contributed by atoms with Gasteiger partial charge in [-0.3, -0.25) is 5.41 Å². The number of nitrogens with two attached hydrogens (primary N) is 2. The molecule has 0 radical (unpaired) electrons. The molecule has 0 atom stereocenters. The van der Waals surface area contributed by atoms with Crippen molar-refractivity contribution >= 4 is 26.0 Å². The molecular formula is C3H6F6N4O4S2. The number of halogens is 6. The first kappa shape index (κ1) is 20.0. The van der Waals surface area contributed by atoms with E-state index in [-0.39, 0.29) is 5.96 Å². The van der Waals surface area contributed by atoms with Gasteiger partial charge in [0.1, 0.15) is 0 Å². The minimum atomic E-state index is -6.60. The third kappa shape index (κ3) is 7.01. The van der Waals surface area contributed by atoms with Crippen LogP contribution in [0.3, 0.4) is 0 Å². The highest BCUT2D eigenvalue weighted by molar-refractivity contribution is 8.05. The maximum absolute atomic E-state index is 11.5.